The first-order valence-electron chi connectivity index (χ1n) is 7.10. The van der Waals surface area contributed by atoms with Gasteiger partial charge in [0.05, 0.1) is 27.2 Å². The van der Waals surface area contributed by atoms with Gasteiger partial charge >= 0.3 is 5.97 Å². The normalized spacial score (nSPS) is 17.2. The Labute approximate surface area is 120 Å². The van der Waals surface area contributed by atoms with Crippen molar-refractivity contribution in [2.45, 2.75) is 38.5 Å². The van der Waals surface area contributed by atoms with Crippen LogP contribution in [0, 0.1) is 0 Å². The number of carbonyl (C=O) groups is 1. The van der Waals surface area contributed by atoms with E-state index < -0.39 is 0 Å². The Morgan fingerprint density at radius 3 is 2.60 bits per heavy atom. The predicted octanol–water partition coefficient (Wildman–Crippen LogP) is 3.08. The Kier molecular flexibility index (Phi) is 4.88. The Balaban J connectivity index is 2.27. The molecule has 1 aliphatic rings. The minimum atomic E-state index is -0.125. The fourth-order valence-corrected chi connectivity index (χ4v) is 2.86. The van der Waals surface area contributed by atoms with Gasteiger partial charge in [-0.2, -0.15) is 0 Å². The summed E-state index contributed by atoms with van der Waals surface area (Å²) in [7, 11) is 3.27. The van der Waals surface area contributed by atoms with Gasteiger partial charge in [-0.25, -0.2) is 0 Å². The molecule has 0 N–H and O–H groups in total. The predicted molar refractivity (Wildman–Crippen MR) is 76.5 cm³/mol. The molecule has 0 fully saturated rings. The van der Waals surface area contributed by atoms with Gasteiger partial charge in [-0.05, 0) is 55.4 Å². The number of ether oxygens (including phenoxy) is 3. The van der Waals surface area contributed by atoms with Gasteiger partial charge in [0.2, 0.25) is 0 Å². The van der Waals surface area contributed by atoms with Crippen molar-refractivity contribution in [2.75, 3.05) is 20.8 Å². The highest BCUT2D eigenvalue weighted by molar-refractivity contribution is 5.71. The molecule has 20 heavy (non-hydrogen) atoms. The van der Waals surface area contributed by atoms with Crippen molar-refractivity contribution in [2.24, 2.45) is 0 Å². The first kappa shape index (κ1) is 14.7. The second-order valence-electron chi connectivity index (χ2n) is 5.00. The lowest BCUT2D eigenvalue weighted by molar-refractivity contribution is -0.143. The summed E-state index contributed by atoms with van der Waals surface area (Å²) in [4.78, 5) is 11.7. The van der Waals surface area contributed by atoms with E-state index in [2.05, 4.69) is 0 Å². The number of esters is 1. The molecule has 1 aromatic carbocycles. The smallest absolute Gasteiger partial charge is 0.306 e. The molecule has 0 saturated carbocycles. The molecule has 0 aromatic heterocycles. The minimum absolute atomic E-state index is 0.125. The van der Waals surface area contributed by atoms with E-state index in [1.54, 1.807) is 14.2 Å². The van der Waals surface area contributed by atoms with Crippen LogP contribution in [-0.4, -0.2) is 26.8 Å². The lowest BCUT2D eigenvalue weighted by Gasteiger charge is -2.26. The first-order chi connectivity index (χ1) is 9.69. The largest absolute Gasteiger partial charge is 0.493 e. The van der Waals surface area contributed by atoms with Crippen LogP contribution in [0.1, 0.15) is 43.2 Å². The molecule has 0 amide bonds. The molecule has 0 bridgehead atoms. The van der Waals surface area contributed by atoms with Crippen LogP contribution in [0.25, 0.3) is 0 Å². The van der Waals surface area contributed by atoms with E-state index in [-0.39, 0.29) is 11.9 Å². The highest BCUT2D eigenvalue weighted by Crippen LogP contribution is 2.40. The summed E-state index contributed by atoms with van der Waals surface area (Å²) < 4.78 is 15.8. The molecule has 0 aliphatic heterocycles. The Morgan fingerprint density at radius 1 is 1.25 bits per heavy atom. The molecule has 4 nitrogen and oxygen atoms in total. The van der Waals surface area contributed by atoms with E-state index >= 15 is 0 Å². The van der Waals surface area contributed by atoms with E-state index in [9.17, 15) is 4.79 Å². The van der Waals surface area contributed by atoms with Crippen molar-refractivity contribution >= 4 is 5.97 Å². The molecular weight excluding hydrogens is 256 g/mol. The van der Waals surface area contributed by atoms with Gasteiger partial charge in [0.1, 0.15) is 0 Å². The standard InChI is InChI=1S/C16H22O4/c1-4-20-16(17)9-12-7-5-6-11-8-14(18-2)15(19-3)10-13(11)12/h8,10,12H,4-7,9H2,1-3H3/t12-/m1/s1. The molecule has 4 heteroatoms. The van der Waals surface area contributed by atoms with Crippen molar-refractivity contribution in [3.8, 4) is 11.5 Å². The zero-order valence-corrected chi connectivity index (χ0v) is 12.4. The Hall–Kier alpha value is -1.71. The Morgan fingerprint density at radius 2 is 1.95 bits per heavy atom. The van der Waals surface area contributed by atoms with Gasteiger partial charge in [0, 0.05) is 0 Å². The number of methoxy groups -OCH3 is 2. The van der Waals surface area contributed by atoms with E-state index in [1.165, 1.54) is 11.1 Å². The fraction of sp³-hybridized carbons (Fsp3) is 0.562. The summed E-state index contributed by atoms with van der Waals surface area (Å²) in [6.45, 7) is 2.27. The van der Waals surface area contributed by atoms with Crippen LogP contribution in [-0.2, 0) is 16.0 Å². The van der Waals surface area contributed by atoms with Crippen LogP contribution in [0.4, 0.5) is 0 Å². The van der Waals surface area contributed by atoms with Crippen molar-refractivity contribution < 1.29 is 19.0 Å². The lowest BCUT2D eigenvalue weighted by atomic mass is 9.81. The van der Waals surface area contributed by atoms with Gasteiger partial charge < -0.3 is 14.2 Å². The third-order valence-corrected chi connectivity index (χ3v) is 3.80. The molecule has 0 unspecified atom stereocenters. The number of benzene rings is 1. The molecule has 0 radical (unpaired) electrons. The fourth-order valence-electron chi connectivity index (χ4n) is 2.86. The zero-order chi connectivity index (χ0) is 14.5. The van der Waals surface area contributed by atoms with Gasteiger partial charge in [-0.15, -0.1) is 0 Å². The maximum absolute atomic E-state index is 11.7. The highest BCUT2D eigenvalue weighted by Gasteiger charge is 2.25. The zero-order valence-electron chi connectivity index (χ0n) is 12.4. The third-order valence-electron chi connectivity index (χ3n) is 3.80. The SMILES string of the molecule is CCOC(=O)C[C@H]1CCCc2cc(OC)c(OC)cc21. The molecule has 110 valence electrons. The van der Waals surface area contributed by atoms with E-state index in [0.29, 0.717) is 13.0 Å². The number of rotatable bonds is 5. The van der Waals surface area contributed by atoms with Gasteiger partial charge in [-0.1, -0.05) is 0 Å². The van der Waals surface area contributed by atoms with Crippen LogP contribution in [0.5, 0.6) is 11.5 Å². The number of carbonyl (C=O) groups excluding carboxylic acids is 1. The summed E-state index contributed by atoms with van der Waals surface area (Å²) in [5, 5.41) is 0. The molecule has 2 rings (SSSR count). The van der Waals surface area contributed by atoms with E-state index in [0.717, 1.165) is 30.8 Å². The van der Waals surface area contributed by atoms with Crippen LogP contribution in [0.3, 0.4) is 0 Å². The minimum Gasteiger partial charge on any atom is -0.493 e. The quantitative estimate of drug-likeness (QED) is 0.776. The van der Waals surface area contributed by atoms with Crippen LogP contribution in [0.2, 0.25) is 0 Å². The second kappa shape index (κ2) is 6.64. The Bertz CT molecular complexity index is 482. The van der Waals surface area contributed by atoms with Crippen LogP contribution < -0.4 is 9.47 Å². The maximum atomic E-state index is 11.7. The van der Waals surface area contributed by atoms with Crippen molar-refractivity contribution in [3.63, 3.8) is 0 Å². The maximum Gasteiger partial charge on any atom is 0.306 e. The van der Waals surface area contributed by atoms with Crippen LogP contribution >= 0.6 is 0 Å². The molecule has 0 saturated heterocycles. The van der Waals surface area contributed by atoms with Gasteiger partial charge in [0.15, 0.2) is 11.5 Å². The molecule has 1 atom stereocenters. The summed E-state index contributed by atoms with van der Waals surface area (Å²) in [5.74, 6) is 1.57. The highest BCUT2D eigenvalue weighted by atomic mass is 16.5. The lowest BCUT2D eigenvalue weighted by Crippen LogP contribution is -2.16. The summed E-state index contributed by atoms with van der Waals surface area (Å²) in [5.41, 5.74) is 2.45. The first-order valence-corrected chi connectivity index (χ1v) is 7.10. The number of fused-ring (bicyclic) bond motifs is 1. The molecule has 1 aromatic rings. The average molecular weight is 278 g/mol. The molecular formula is C16H22O4. The summed E-state index contributed by atoms with van der Waals surface area (Å²) in [6, 6.07) is 4.04. The van der Waals surface area contributed by atoms with E-state index in [4.69, 9.17) is 14.2 Å². The van der Waals surface area contributed by atoms with Gasteiger partial charge in [-0.3, -0.25) is 4.79 Å². The summed E-state index contributed by atoms with van der Waals surface area (Å²) >= 11 is 0. The van der Waals surface area contributed by atoms with Crippen molar-refractivity contribution in [1.29, 1.82) is 0 Å². The molecule has 0 spiro atoms. The van der Waals surface area contributed by atoms with Crippen LogP contribution in [0.15, 0.2) is 12.1 Å². The van der Waals surface area contributed by atoms with Gasteiger partial charge in [0.25, 0.3) is 0 Å². The number of hydrogen-bond acceptors (Lipinski definition) is 4. The topological polar surface area (TPSA) is 44.8 Å². The van der Waals surface area contributed by atoms with Crippen molar-refractivity contribution in [1.82, 2.24) is 0 Å². The summed E-state index contributed by atoms with van der Waals surface area (Å²) in [6.07, 6.45) is 3.57. The number of aryl methyl sites for hydroxylation is 1. The van der Waals surface area contributed by atoms with E-state index in [1.807, 2.05) is 19.1 Å². The second-order valence-corrected chi connectivity index (χ2v) is 5.00. The third kappa shape index (κ3) is 3.06. The monoisotopic (exact) mass is 278 g/mol. The molecule has 0 heterocycles. The average Bonchev–Trinajstić information content (AvgIpc) is 2.46. The molecule has 1 aliphatic carbocycles. The number of hydrogen-bond donors (Lipinski definition) is 0. The van der Waals surface area contributed by atoms with Crippen molar-refractivity contribution in [3.05, 3.63) is 23.3 Å².